The van der Waals surface area contributed by atoms with Gasteiger partial charge in [-0.1, -0.05) is 6.07 Å². The van der Waals surface area contributed by atoms with Gasteiger partial charge in [-0.15, -0.1) is 0 Å². The molecule has 144 valence electrons. The molecule has 2 aliphatic rings. The maximum Gasteiger partial charge on any atom is 0.409 e. The van der Waals surface area contributed by atoms with Gasteiger partial charge in [-0.3, -0.25) is 0 Å². The van der Waals surface area contributed by atoms with Crippen molar-refractivity contribution in [3.05, 3.63) is 23.8 Å². The van der Waals surface area contributed by atoms with E-state index in [2.05, 4.69) is 24.1 Å². The van der Waals surface area contributed by atoms with Crippen LogP contribution < -0.4 is 9.47 Å². The number of methoxy groups -OCH3 is 2. The number of ether oxygens (including phenoxy) is 3. The number of rotatable bonds is 4. The van der Waals surface area contributed by atoms with Crippen molar-refractivity contribution in [3.8, 4) is 11.5 Å². The molecule has 6 heteroatoms. The minimum Gasteiger partial charge on any atom is -0.493 e. The number of nitrogens with zero attached hydrogens (tertiary/aromatic N) is 2. The molecule has 1 aliphatic carbocycles. The van der Waals surface area contributed by atoms with Crippen LogP contribution in [0.4, 0.5) is 4.79 Å². The summed E-state index contributed by atoms with van der Waals surface area (Å²) < 4.78 is 16.6. The Labute approximate surface area is 156 Å². The van der Waals surface area contributed by atoms with Crippen molar-refractivity contribution in [2.75, 3.05) is 41.9 Å². The van der Waals surface area contributed by atoms with Crippen molar-refractivity contribution in [1.82, 2.24) is 9.80 Å². The van der Waals surface area contributed by atoms with Crippen LogP contribution in [-0.4, -0.2) is 69.9 Å². The maximum absolute atomic E-state index is 11.9. The van der Waals surface area contributed by atoms with Gasteiger partial charge in [0.05, 0.1) is 14.2 Å². The third-order valence-corrected chi connectivity index (χ3v) is 6.07. The van der Waals surface area contributed by atoms with E-state index < -0.39 is 0 Å². The van der Waals surface area contributed by atoms with Gasteiger partial charge in [0.25, 0.3) is 0 Å². The molecule has 1 aromatic carbocycles. The molecule has 3 atom stereocenters. The van der Waals surface area contributed by atoms with Crippen LogP contribution in [0.1, 0.15) is 31.2 Å². The van der Waals surface area contributed by atoms with E-state index in [-0.39, 0.29) is 17.6 Å². The van der Waals surface area contributed by atoms with Crippen LogP contribution in [-0.2, 0) is 10.2 Å². The number of benzene rings is 1. The molecule has 1 saturated carbocycles. The van der Waals surface area contributed by atoms with Crippen molar-refractivity contribution >= 4 is 6.09 Å². The van der Waals surface area contributed by atoms with Gasteiger partial charge in [-0.05, 0) is 50.6 Å². The summed E-state index contributed by atoms with van der Waals surface area (Å²) in [4.78, 5) is 15.9. The molecular formula is C20H30N2O4. The number of likely N-dealkylation sites (N-methyl/N-ethyl adjacent to an activating group) is 1. The monoisotopic (exact) mass is 362 g/mol. The molecule has 3 unspecified atom stereocenters. The zero-order chi connectivity index (χ0) is 18.9. The molecule has 1 amide bonds. The van der Waals surface area contributed by atoms with Crippen molar-refractivity contribution < 1.29 is 19.0 Å². The smallest absolute Gasteiger partial charge is 0.409 e. The number of amides is 1. The van der Waals surface area contributed by atoms with E-state index in [1.807, 2.05) is 6.07 Å². The molecule has 3 rings (SSSR count). The lowest BCUT2D eigenvalue weighted by Crippen LogP contribution is -2.48. The summed E-state index contributed by atoms with van der Waals surface area (Å²) in [5.41, 5.74) is 1.37. The quantitative estimate of drug-likeness (QED) is 0.824. The average Bonchev–Trinajstić information content (AvgIpc) is 2.98. The van der Waals surface area contributed by atoms with Crippen LogP contribution in [0.3, 0.4) is 0 Å². The summed E-state index contributed by atoms with van der Waals surface area (Å²) in [6.45, 7) is 1.05. The molecule has 1 heterocycles. The third kappa shape index (κ3) is 3.22. The standard InChI is InChI=1S/C20H30N2O4/c1-21(2)19(23)26-15-8-9-20(10-11-22(3)18(20)13-15)14-6-7-16(24-4)17(12-14)25-5/h6-7,12,15,18H,8-11,13H2,1-5H3. The second-order valence-electron chi connectivity index (χ2n) is 7.65. The first-order chi connectivity index (χ1) is 12.4. The molecule has 0 bridgehead atoms. The summed E-state index contributed by atoms with van der Waals surface area (Å²) in [5, 5.41) is 0. The van der Waals surface area contributed by atoms with Crippen molar-refractivity contribution in [1.29, 1.82) is 0 Å². The van der Waals surface area contributed by atoms with Gasteiger partial charge in [0.15, 0.2) is 11.5 Å². The van der Waals surface area contributed by atoms with Gasteiger partial charge in [0.2, 0.25) is 0 Å². The number of carbonyl (C=O) groups is 1. The minimum atomic E-state index is -0.255. The first-order valence-corrected chi connectivity index (χ1v) is 9.22. The highest BCUT2D eigenvalue weighted by Gasteiger charge is 2.51. The van der Waals surface area contributed by atoms with Gasteiger partial charge in [-0.25, -0.2) is 4.79 Å². The van der Waals surface area contributed by atoms with E-state index in [1.165, 1.54) is 10.5 Å². The molecule has 0 aromatic heterocycles. The molecule has 1 aliphatic heterocycles. The number of hydrogen-bond donors (Lipinski definition) is 0. The Hall–Kier alpha value is -1.95. The Morgan fingerprint density at radius 3 is 2.58 bits per heavy atom. The summed E-state index contributed by atoms with van der Waals surface area (Å²) >= 11 is 0. The predicted molar refractivity (Wildman–Crippen MR) is 100 cm³/mol. The summed E-state index contributed by atoms with van der Waals surface area (Å²) in [6, 6.07) is 6.64. The van der Waals surface area contributed by atoms with Crippen LogP contribution >= 0.6 is 0 Å². The normalized spacial score (nSPS) is 28.3. The molecule has 1 aromatic rings. The van der Waals surface area contributed by atoms with E-state index >= 15 is 0 Å². The van der Waals surface area contributed by atoms with Gasteiger partial charge in [-0.2, -0.15) is 0 Å². The Balaban J connectivity index is 1.86. The van der Waals surface area contributed by atoms with Crippen LogP contribution in [0.5, 0.6) is 11.5 Å². The van der Waals surface area contributed by atoms with Crippen molar-refractivity contribution in [2.24, 2.45) is 0 Å². The summed E-state index contributed by atoms with van der Waals surface area (Å²) in [6.07, 6.45) is 3.58. The van der Waals surface area contributed by atoms with Gasteiger partial charge in [0, 0.05) is 32.0 Å². The van der Waals surface area contributed by atoms with E-state index in [1.54, 1.807) is 28.3 Å². The lowest BCUT2D eigenvalue weighted by atomic mass is 9.65. The van der Waals surface area contributed by atoms with Gasteiger partial charge >= 0.3 is 6.09 Å². The highest BCUT2D eigenvalue weighted by atomic mass is 16.6. The maximum atomic E-state index is 11.9. The highest BCUT2D eigenvalue weighted by molar-refractivity contribution is 5.67. The van der Waals surface area contributed by atoms with Crippen molar-refractivity contribution in [2.45, 2.75) is 43.2 Å². The molecule has 0 radical (unpaired) electrons. The number of fused-ring (bicyclic) bond motifs is 1. The Morgan fingerprint density at radius 1 is 1.19 bits per heavy atom. The average molecular weight is 362 g/mol. The lowest BCUT2D eigenvalue weighted by Gasteiger charge is -2.44. The summed E-state index contributed by atoms with van der Waals surface area (Å²) in [7, 11) is 8.95. The zero-order valence-corrected chi connectivity index (χ0v) is 16.4. The molecule has 2 fully saturated rings. The van der Waals surface area contributed by atoms with E-state index in [4.69, 9.17) is 14.2 Å². The van der Waals surface area contributed by atoms with Crippen LogP contribution in [0, 0.1) is 0 Å². The molecular weight excluding hydrogens is 332 g/mol. The third-order valence-electron chi connectivity index (χ3n) is 6.07. The van der Waals surface area contributed by atoms with Gasteiger partial charge < -0.3 is 24.0 Å². The highest BCUT2D eigenvalue weighted by Crippen LogP contribution is 2.50. The SMILES string of the molecule is COc1ccc(C23CCC(OC(=O)N(C)C)CC2N(C)CC3)cc1OC. The minimum absolute atomic E-state index is 0.0243. The number of hydrogen-bond acceptors (Lipinski definition) is 5. The largest absolute Gasteiger partial charge is 0.493 e. The van der Waals surface area contributed by atoms with Crippen molar-refractivity contribution in [3.63, 3.8) is 0 Å². The van der Waals surface area contributed by atoms with Crippen LogP contribution in [0.25, 0.3) is 0 Å². The molecule has 0 N–H and O–H groups in total. The zero-order valence-electron chi connectivity index (χ0n) is 16.4. The lowest BCUT2D eigenvalue weighted by molar-refractivity contribution is 0.0209. The Kier molecular flexibility index (Phi) is 5.32. The predicted octanol–water partition coefficient (Wildman–Crippen LogP) is 2.90. The first kappa shape index (κ1) is 18.8. The second kappa shape index (κ2) is 7.35. The fraction of sp³-hybridized carbons (Fsp3) is 0.650. The van der Waals surface area contributed by atoms with E-state index in [0.29, 0.717) is 6.04 Å². The molecule has 6 nitrogen and oxygen atoms in total. The Morgan fingerprint density at radius 2 is 1.92 bits per heavy atom. The molecule has 0 spiro atoms. The van der Waals surface area contributed by atoms with E-state index in [0.717, 1.165) is 43.7 Å². The van der Waals surface area contributed by atoms with E-state index in [9.17, 15) is 4.79 Å². The van der Waals surface area contributed by atoms with Gasteiger partial charge in [0.1, 0.15) is 6.10 Å². The van der Waals surface area contributed by atoms with Crippen LogP contribution in [0.2, 0.25) is 0 Å². The molecule has 1 saturated heterocycles. The molecule has 26 heavy (non-hydrogen) atoms. The van der Waals surface area contributed by atoms with Crippen LogP contribution in [0.15, 0.2) is 18.2 Å². The number of carbonyl (C=O) groups excluding carboxylic acids is 1. The first-order valence-electron chi connectivity index (χ1n) is 9.22. The second-order valence-corrected chi connectivity index (χ2v) is 7.65. The fourth-order valence-corrected chi connectivity index (χ4v) is 4.58. The Bertz CT molecular complexity index is 663. The topological polar surface area (TPSA) is 51.2 Å². The fourth-order valence-electron chi connectivity index (χ4n) is 4.58. The summed E-state index contributed by atoms with van der Waals surface area (Å²) in [5.74, 6) is 1.53. The number of likely N-dealkylation sites (tertiary alicyclic amines) is 1.